The van der Waals surface area contributed by atoms with Crippen molar-refractivity contribution in [2.45, 2.75) is 45.1 Å². The Morgan fingerprint density at radius 2 is 2.00 bits per heavy atom. The smallest absolute Gasteiger partial charge is 0.254 e. The SMILES string of the molecule is CCOC(C)(C)C(=O)N1CCC(c2ccn(C)c(=O)c2)CC1. The fraction of sp³-hybridized carbons (Fsp3) is 0.647. The van der Waals surface area contributed by atoms with Crippen molar-refractivity contribution in [3.63, 3.8) is 0 Å². The van der Waals surface area contributed by atoms with Crippen LogP contribution in [-0.4, -0.2) is 40.7 Å². The molecule has 1 aromatic heterocycles. The van der Waals surface area contributed by atoms with Crippen LogP contribution < -0.4 is 5.56 Å². The molecule has 1 amide bonds. The van der Waals surface area contributed by atoms with Gasteiger partial charge in [-0.15, -0.1) is 0 Å². The molecule has 0 aliphatic carbocycles. The molecule has 1 aliphatic heterocycles. The summed E-state index contributed by atoms with van der Waals surface area (Å²) >= 11 is 0. The molecule has 5 heteroatoms. The second-order valence-electron chi connectivity index (χ2n) is 6.42. The van der Waals surface area contributed by atoms with E-state index in [4.69, 9.17) is 4.74 Å². The van der Waals surface area contributed by atoms with Crippen LogP contribution in [0, 0.1) is 0 Å². The van der Waals surface area contributed by atoms with Crippen LogP contribution in [0.1, 0.15) is 45.1 Å². The van der Waals surface area contributed by atoms with Gasteiger partial charge in [-0.2, -0.15) is 0 Å². The van der Waals surface area contributed by atoms with Gasteiger partial charge in [-0.1, -0.05) is 0 Å². The number of likely N-dealkylation sites (tertiary alicyclic amines) is 1. The van der Waals surface area contributed by atoms with Gasteiger partial charge in [-0.3, -0.25) is 9.59 Å². The summed E-state index contributed by atoms with van der Waals surface area (Å²) in [7, 11) is 1.75. The van der Waals surface area contributed by atoms with Crippen molar-refractivity contribution >= 4 is 5.91 Å². The molecule has 0 atom stereocenters. The van der Waals surface area contributed by atoms with Crippen LogP contribution in [0.15, 0.2) is 23.1 Å². The molecule has 0 radical (unpaired) electrons. The molecule has 5 nitrogen and oxygen atoms in total. The van der Waals surface area contributed by atoms with E-state index in [2.05, 4.69) is 0 Å². The average molecular weight is 306 g/mol. The molecule has 0 bridgehead atoms. The lowest BCUT2D eigenvalue weighted by molar-refractivity contribution is -0.154. The van der Waals surface area contributed by atoms with Gasteiger partial charge in [-0.05, 0) is 51.2 Å². The summed E-state index contributed by atoms with van der Waals surface area (Å²) in [5.41, 5.74) is 0.345. The third kappa shape index (κ3) is 3.58. The van der Waals surface area contributed by atoms with Gasteiger partial charge in [0.15, 0.2) is 0 Å². The minimum Gasteiger partial charge on any atom is -0.366 e. The number of aromatic nitrogens is 1. The third-order valence-electron chi connectivity index (χ3n) is 4.40. The molecule has 2 heterocycles. The summed E-state index contributed by atoms with van der Waals surface area (Å²) in [6.07, 6.45) is 3.59. The molecule has 0 unspecified atom stereocenters. The van der Waals surface area contributed by atoms with E-state index in [1.807, 2.05) is 37.9 Å². The zero-order chi connectivity index (χ0) is 16.3. The lowest BCUT2D eigenvalue weighted by atomic mass is 9.89. The topological polar surface area (TPSA) is 51.5 Å². The summed E-state index contributed by atoms with van der Waals surface area (Å²) in [6.45, 7) is 7.52. The molecule has 1 saturated heterocycles. The maximum absolute atomic E-state index is 12.5. The highest BCUT2D eigenvalue weighted by atomic mass is 16.5. The van der Waals surface area contributed by atoms with Crippen LogP contribution in [-0.2, 0) is 16.6 Å². The first kappa shape index (κ1) is 16.7. The lowest BCUT2D eigenvalue weighted by Crippen LogP contribution is -2.49. The normalized spacial score (nSPS) is 16.8. The molecular formula is C17H26N2O3. The van der Waals surface area contributed by atoms with E-state index in [0.29, 0.717) is 12.5 Å². The number of amides is 1. The summed E-state index contributed by atoms with van der Waals surface area (Å²) in [6, 6.07) is 3.72. The van der Waals surface area contributed by atoms with Gasteiger partial charge in [0.05, 0.1) is 0 Å². The van der Waals surface area contributed by atoms with Crippen LogP contribution in [0.3, 0.4) is 0 Å². The van der Waals surface area contributed by atoms with Crippen LogP contribution in [0.25, 0.3) is 0 Å². The number of carbonyl (C=O) groups excluding carboxylic acids is 1. The fourth-order valence-corrected chi connectivity index (χ4v) is 3.04. The predicted octanol–water partition coefficient (Wildman–Crippen LogP) is 1.91. The van der Waals surface area contributed by atoms with Gasteiger partial charge in [0, 0.05) is 39.0 Å². The van der Waals surface area contributed by atoms with Crippen LogP contribution >= 0.6 is 0 Å². The van der Waals surface area contributed by atoms with Crippen molar-refractivity contribution < 1.29 is 9.53 Å². The van der Waals surface area contributed by atoms with Crippen molar-refractivity contribution in [2.75, 3.05) is 19.7 Å². The Labute approximate surface area is 131 Å². The van der Waals surface area contributed by atoms with Gasteiger partial charge in [-0.25, -0.2) is 0 Å². The Bertz CT molecular complexity index is 584. The monoisotopic (exact) mass is 306 g/mol. The first-order chi connectivity index (χ1) is 10.3. The number of piperidine rings is 1. The number of hydrogen-bond donors (Lipinski definition) is 0. The third-order valence-corrected chi connectivity index (χ3v) is 4.40. The first-order valence-electron chi connectivity index (χ1n) is 7.95. The number of rotatable bonds is 4. The van der Waals surface area contributed by atoms with E-state index in [9.17, 15) is 9.59 Å². The van der Waals surface area contributed by atoms with Crippen molar-refractivity contribution in [1.29, 1.82) is 0 Å². The summed E-state index contributed by atoms with van der Waals surface area (Å²) in [5, 5.41) is 0. The second-order valence-corrected chi connectivity index (χ2v) is 6.42. The number of aryl methyl sites for hydroxylation is 1. The van der Waals surface area contributed by atoms with E-state index in [1.54, 1.807) is 17.7 Å². The maximum Gasteiger partial charge on any atom is 0.254 e. The molecule has 122 valence electrons. The largest absolute Gasteiger partial charge is 0.366 e. The molecular weight excluding hydrogens is 280 g/mol. The molecule has 0 aromatic carbocycles. The number of nitrogens with zero attached hydrogens (tertiary/aromatic N) is 2. The fourth-order valence-electron chi connectivity index (χ4n) is 3.04. The maximum atomic E-state index is 12.5. The average Bonchev–Trinajstić information content (AvgIpc) is 2.49. The van der Waals surface area contributed by atoms with E-state index >= 15 is 0 Å². The molecule has 1 fully saturated rings. The van der Waals surface area contributed by atoms with Crippen molar-refractivity contribution in [3.8, 4) is 0 Å². The van der Waals surface area contributed by atoms with Crippen LogP contribution in [0.4, 0.5) is 0 Å². The van der Waals surface area contributed by atoms with Crippen LogP contribution in [0.5, 0.6) is 0 Å². The van der Waals surface area contributed by atoms with Gasteiger partial charge >= 0.3 is 0 Å². The highest BCUT2D eigenvalue weighted by molar-refractivity contribution is 5.84. The Balaban J connectivity index is 1.99. The minimum atomic E-state index is -0.760. The molecule has 2 rings (SSSR count). The van der Waals surface area contributed by atoms with Crippen LogP contribution in [0.2, 0.25) is 0 Å². The number of pyridine rings is 1. The van der Waals surface area contributed by atoms with E-state index < -0.39 is 5.60 Å². The highest BCUT2D eigenvalue weighted by Gasteiger charge is 2.34. The van der Waals surface area contributed by atoms with E-state index in [1.165, 1.54) is 0 Å². The quantitative estimate of drug-likeness (QED) is 0.854. The minimum absolute atomic E-state index is 0.0217. The number of hydrogen-bond acceptors (Lipinski definition) is 3. The Morgan fingerprint density at radius 3 is 2.55 bits per heavy atom. The summed E-state index contributed by atoms with van der Waals surface area (Å²) in [5.74, 6) is 0.407. The Kier molecular flexibility index (Phi) is 5.06. The second kappa shape index (κ2) is 6.65. The summed E-state index contributed by atoms with van der Waals surface area (Å²) < 4.78 is 7.13. The molecule has 0 N–H and O–H groups in total. The Hall–Kier alpha value is -1.62. The molecule has 1 aliphatic rings. The standard InChI is InChI=1S/C17H26N2O3/c1-5-22-17(2,3)16(21)19-10-7-13(8-11-19)14-6-9-18(4)15(20)12-14/h6,9,12-13H,5,7-8,10-11H2,1-4H3. The molecule has 22 heavy (non-hydrogen) atoms. The van der Waals surface area contributed by atoms with E-state index in [-0.39, 0.29) is 11.5 Å². The van der Waals surface area contributed by atoms with Gasteiger partial charge < -0.3 is 14.2 Å². The van der Waals surface area contributed by atoms with Crippen molar-refractivity contribution in [2.24, 2.45) is 7.05 Å². The van der Waals surface area contributed by atoms with Gasteiger partial charge in [0.1, 0.15) is 5.60 Å². The Morgan fingerprint density at radius 1 is 1.36 bits per heavy atom. The predicted molar refractivity (Wildman–Crippen MR) is 85.9 cm³/mol. The van der Waals surface area contributed by atoms with Gasteiger partial charge in [0.2, 0.25) is 0 Å². The van der Waals surface area contributed by atoms with Crippen molar-refractivity contribution in [1.82, 2.24) is 9.47 Å². The number of carbonyl (C=O) groups is 1. The van der Waals surface area contributed by atoms with Gasteiger partial charge in [0.25, 0.3) is 11.5 Å². The molecule has 0 spiro atoms. The highest BCUT2D eigenvalue weighted by Crippen LogP contribution is 2.28. The zero-order valence-electron chi connectivity index (χ0n) is 14.0. The molecule has 1 aromatic rings. The summed E-state index contributed by atoms with van der Waals surface area (Å²) in [4.78, 5) is 26.1. The lowest BCUT2D eigenvalue weighted by Gasteiger charge is -2.36. The zero-order valence-corrected chi connectivity index (χ0v) is 14.0. The van der Waals surface area contributed by atoms with E-state index in [0.717, 1.165) is 31.5 Å². The number of ether oxygens (including phenoxy) is 1. The van der Waals surface area contributed by atoms with Crippen molar-refractivity contribution in [3.05, 3.63) is 34.2 Å². The molecule has 0 saturated carbocycles. The first-order valence-corrected chi connectivity index (χ1v) is 7.95.